The van der Waals surface area contributed by atoms with Gasteiger partial charge in [-0.05, 0) is 31.5 Å². The summed E-state index contributed by atoms with van der Waals surface area (Å²) in [5.74, 6) is 0.0545. The van der Waals surface area contributed by atoms with Crippen LogP contribution in [0.5, 0.6) is 5.75 Å². The molecular weight excluding hydrogens is 242 g/mol. The average molecular weight is 258 g/mol. The number of nitrogens with one attached hydrogen (secondary N) is 1. The van der Waals surface area contributed by atoms with Crippen LogP contribution in [-0.2, 0) is 4.79 Å². The summed E-state index contributed by atoms with van der Waals surface area (Å²) in [7, 11) is 0. The number of benzene rings is 1. The molecule has 1 unspecified atom stereocenters. The first-order valence-corrected chi connectivity index (χ1v) is 5.83. The van der Waals surface area contributed by atoms with Gasteiger partial charge in [0, 0.05) is 5.02 Å². The molecule has 94 valence electrons. The molecule has 5 heteroatoms. The molecule has 2 N–H and O–H groups in total. The van der Waals surface area contributed by atoms with Crippen molar-refractivity contribution in [2.75, 3.05) is 11.9 Å². The number of rotatable bonds is 5. The molecule has 0 fully saturated rings. The zero-order valence-corrected chi connectivity index (χ0v) is 10.6. The number of ether oxygens (including phenoxy) is 1. The Morgan fingerprint density at radius 3 is 2.88 bits per heavy atom. The van der Waals surface area contributed by atoms with Crippen LogP contribution in [0.3, 0.4) is 0 Å². The second-order valence-corrected chi connectivity index (χ2v) is 4.09. The summed E-state index contributed by atoms with van der Waals surface area (Å²) in [6.07, 6.45) is -0.208. The Hall–Kier alpha value is -1.26. The van der Waals surface area contributed by atoms with Gasteiger partial charge < -0.3 is 15.2 Å². The molecule has 0 aliphatic rings. The van der Waals surface area contributed by atoms with Gasteiger partial charge in [0.1, 0.15) is 11.9 Å². The molecule has 0 radical (unpaired) electrons. The van der Waals surface area contributed by atoms with Crippen molar-refractivity contribution in [3.63, 3.8) is 0 Å². The fourth-order valence-electron chi connectivity index (χ4n) is 1.17. The lowest BCUT2D eigenvalue weighted by atomic mass is 10.2. The van der Waals surface area contributed by atoms with E-state index in [2.05, 4.69) is 5.32 Å². The van der Waals surface area contributed by atoms with Gasteiger partial charge in [-0.3, -0.25) is 4.79 Å². The maximum atomic E-state index is 11.4. The van der Waals surface area contributed by atoms with E-state index in [1.807, 2.05) is 6.92 Å². The molecule has 0 aromatic heterocycles. The summed E-state index contributed by atoms with van der Waals surface area (Å²) in [6, 6.07) is 4.97. The van der Waals surface area contributed by atoms with Gasteiger partial charge in [0.15, 0.2) is 0 Å². The third kappa shape index (κ3) is 4.24. The van der Waals surface area contributed by atoms with Crippen LogP contribution in [0.15, 0.2) is 18.2 Å². The van der Waals surface area contributed by atoms with E-state index in [-0.39, 0.29) is 0 Å². The molecule has 1 amide bonds. The first kappa shape index (κ1) is 13.8. The monoisotopic (exact) mass is 257 g/mol. The summed E-state index contributed by atoms with van der Waals surface area (Å²) in [4.78, 5) is 11.4. The van der Waals surface area contributed by atoms with Gasteiger partial charge in [0.25, 0.3) is 5.91 Å². The molecule has 1 rings (SSSR count). The fourth-order valence-corrected chi connectivity index (χ4v) is 1.35. The number of hydrogen-bond acceptors (Lipinski definition) is 3. The minimum Gasteiger partial charge on any atom is -0.491 e. The lowest BCUT2D eigenvalue weighted by molar-refractivity contribution is -0.123. The smallest absolute Gasteiger partial charge is 0.253 e. The quantitative estimate of drug-likeness (QED) is 0.852. The number of halogens is 1. The molecule has 0 aliphatic heterocycles. The first-order chi connectivity index (χ1) is 8.04. The number of carbonyl (C=O) groups excluding carboxylic acids is 1. The van der Waals surface area contributed by atoms with E-state index in [1.54, 1.807) is 18.2 Å². The SMILES string of the molecule is CCCOc1ccc(Cl)cc1NC(=O)C(C)O. The molecule has 0 bridgehead atoms. The van der Waals surface area contributed by atoms with Crippen molar-refractivity contribution in [3.05, 3.63) is 23.2 Å². The van der Waals surface area contributed by atoms with Gasteiger partial charge in [-0.2, -0.15) is 0 Å². The van der Waals surface area contributed by atoms with Gasteiger partial charge in [-0.15, -0.1) is 0 Å². The highest BCUT2D eigenvalue weighted by Crippen LogP contribution is 2.28. The molecule has 1 atom stereocenters. The summed E-state index contributed by atoms with van der Waals surface area (Å²) < 4.78 is 5.47. The molecule has 1 aromatic carbocycles. The van der Waals surface area contributed by atoms with Crippen LogP contribution in [0.2, 0.25) is 5.02 Å². The minimum absolute atomic E-state index is 0.469. The van der Waals surface area contributed by atoms with Gasteiger partial charge in [-0.1, -0.05) is 18.5 Å². The Morgan fingerprint density at radius 1 is 1.59 bits per heavy atom. The van der Waals surface area contributed by atoms with Crippen LogP contribution in [0.4, 0.5) is 5.69 Å². The molecule has 0 heterocycles. The minimum atomic E-state index is -1.08. The largest absolute Gasteiger partial charge is 0.491 e. The summed E-state index contributed by atoms with van der Waals surface area (Å²) in [5, 5.41) is 12.2. The fraction of sp³-hybridized carbons (Fsp3) is 0.417. The Bertz CT molecular complexity index is 393. The lowest BCUT2D eigenvalue weighted by Crippen LogP contribution is -2.24. The van der Waals surface area contributed by atoms with E-state index in [1.165, 1.54) is 6.92 Å². The van der Waals surface area contributed by atoms with Crippen LogP contribution in [-0.4, -0.2) is 23.7 Å². The van der Waals surface area contributed by atoms with Gasteiger partial charge in [0.05, 0.1) is 12.3 Å². The van der Waals surface area contributed by atoms with Crippen LogP contribution in [0.1, 0.15) is 20.3 Å². The maximum Gasteiger partial charge on any atom is 0.253 e. The molecule has 0 saturated carbocycles. The van der Waals surface area contributed by atoms with Crippen molar-refractivity contribution in [1.82, 2.24) is 0 Å². The van der Waals surface area contributed by atoms with Crippen molar-refractivity contribution in [3.8, 4) is 5.75 Å². The summed E-state index contributed by atoms with van der Waals surface area (Å²) in [5.41, 5.74) is 0.469. The number of aliphatic hydroxyl groups is 1. The zero-order chi connectivity index (χ0) is 12.8. The molecule has 0 spiro atoms. The van der Waals surface area contributed by atoms with Crippen molar-refractivity contribution < 1.29 is 14.6 Å². The van der Waals surface area contributed by atoms with Crippen molar-refractivity contribution in [2.24, 2.45) is 0 Å². The molecule has 17 heavy (non-hydrogen) atoms. The standard InChI is InChI=1S/C12H16ClNO3/c1-3-6-17-11-5-4-9(13)7-10(11)14-12(16)8(2)15/h4-5,7-8,15H,3,6H2,1-2H3,(H,14,16). The van der Waals surface area contributed by atoms with Gasteiger partial charge in [0.2, 0.25) is 0 Å². The Balaban J connectivity index is 2.86. The van der Waals surface area contributed by atoms with E-state index < -0.39 is 12.0 Å². The molecule has 4 nitrogen and oxygen atoms in total. The van der Waals surface area contributed by atoms with Crippen LogP contribution in [0.25, 0.3) is 0 Å². The highest BCUT2D eigenvalue weighted by molar-refractivity contribution is 6.31. The molecule has 1 aromatic rings. The van der Waals surface area contributed by atoms with Crippen LogP contribution >= 0.6 is 11.6 Å². The Morgan fingerprint density at radius 2 is 2.29 bits per heavy atom. The van der Waals surface area contributed by atoms with Gasteiger partial charge in [-0.25, -0.2) is 0 Å². The number of hydrogen-bond donors (Lipinski definition) is 2. The van der Waals surface area contributed by atoms with E-state index in [0.29, 0.717) is 23.1 Å². The summed E-state index contributed by atoms with van der Waals surface area (Å²) in [6.45, 7) is 3.94. The van der Waals surface area contributed by atoms with E-state index >= 15 is 0 Å². The third-order valence-corrected chi connectivity index (χ3v) is 2.28. The highest BCUT2D eigenvalue weighted by Gasteiger charge is 2.12. The summed E-state index contributed by atoms with van der Waals surface area (Å²) >= 11 is 5.84. The Labute approximate surface area is 106 Å². The normalized spacial score (nSPS) is 12.0. The predicted molar refractivity (Wildman–Crippen MR) is 67.5 cm³/mol. The maximum absolute atomic E-state index is 11.4. The average Bonchev–Trinajstić information content (AvgIpc) is 2.28. The zero-order valence-electron chi connectivity index (χ0n) is 9.87. The van der Waals surface area contributed by atoms with Crippen LogP contribution < -0.4 is 10.1 Å². The second kappa shape index (κ2) is 6.47. The number of aliphatic hydroxyl groups excluding tert-OH is 1. The van der Waals surface area contributed by atoms with E-state index in [0.717, 1.165) is 6.42 Å². The first-order valence-electron chi connectivity index (χ1n) is 5.46. The topological polar surface area (TPSA) is 58.6 Å². The van der Waals surface area contributed by atoms with E-state index in [9.17, 15) is 4.79 Å². The molecule has 0 aliphatic carbocycles. The molecular formula is C12H16ClNO3. The Kier molecular flexibility index (Phi) is 5.25. The highest BCUT2D eigenvalue weighted by atomic mass is 35.5. The third-order valence-electron chi connectivity index (χ3n) is 2.04. The predicted octanol–water partition coefficient (Wildman–Crippen LogP) is 2.45. The van der Waals surface area contributed by atoms with Gasteiger partial charge >= 0.3 is 0 Å². The van der Waals surface area contributed by atoms with Crippen molar-refractivity contribution >= 4 is 23.2 Å². The molecule has 0 saturated heterocycles. The van der Waals surface area contributed by atoms with E-state index in [4.69, 9.17) is 21.4 Å². The lowest BCUT2D eigenvalue weighted by Gasteiger charge is -2.13. The number of amides is 1. The van der Waals surface area contributed by atoms with Crippen molar-refractivity contribution in [1.29, 1.82) is 0 Å². The van der Waals surface area contributed by atoms with Crippen LogP contribution in [0, 0.1) is 0 Å². The number of anilines is 1. The number of carbonyl (C=O) groups is 1. The second-order valence-electron chi connectivity index (χ2n) is 3.65. The van der Waals surface area contributed by atoms with Crippen molar-refractivity contribution in [2.45, 2.75) is 26.4 Å².